The Balaban J connectivity index is 2.81. The zero-order valence-electron chi connectivity index (χ0n) is 11.6. The fraction of sp³-hybridized carbons (Fsp3) is 0.467. The number of rotatable bonds is 6. The number of carbonyl (C=O) groups is 1. The minimum atomic E-state index is -0.0208. The van der Waals surface area contributed by atoms with Gasteiger partial charge < -0.3 is 10.6 Å². The van der Waals surface area contributed by atoms with Crippen LogP contribution in [-0.2, 0) is 6.54 Å². The first-order valence-corrected chi connectivity index (χ1v) is 6.53. The summed E-state index contributed by atoms with van der Waals surface area (Å²) in [5.41, 5.74) is 7.19. The van der Waals surface area contributed by atoms with E-state index in [4.69, 9.17) is 11.0 Å². The minimum Gasteiger partial charge on any atom is -0.337 e. The van der Waals surface area contributed by atoms with Crippen LogP contribution >= 0.6 is 0 Å². The standard InChI is InChI=1S/C15H21N3O/c1-12(2)11-18(9-3-8-16)15(19)14-6-4-13(10-17)5-7-14/h4-7,12H,3,9-11,17H2,1-2H3. The number of hydrogen-bond acceptors (Lipinski definition) is 3. The molecule has 0 aliphatic carbocycles. The van der Waals surface area contributed by atoms with E-state index in [1.807, 2.05) is 12.1 Å². The molecule has 0 aromatic heterocycles. The average molecular weight is 259 g/mol. The van der Waals surface area contributed by atoms with Crippen molar-refractivity contribution < 1.29 is 4.79 Å². The topological polar surface area (TPSA) is 70.1 Å². The molecule has 0 aliphatic rings. The highest BCUT2D eigenvalue weighted by Gasteiger charge is 2.16. The Morgan fingerprint density at radius 2 is 2.00 bits per heavy atom. The third-order valence-electron chi connectivity index (χ3n) is 2.80. The molecule has 0 saturated heterocycles. The maximum absolute atomic E-state index is 12.4. The van der Waals surface area contributed by atoms with Gasteiger partial charge >= 0.3 is 0 Å². The largest absolute Gasteiger partial charge is 0.337 e. The number of hydrogen-bond donors (Lipinski definition) is 1. The molecule has 1 amide bonds. The summed E-state index contributed by atoms with van der Waals surface area (Å²) < 4.78 is 0. The van der Waals surface area contributed by atoms with Gasteiger partial charge in [-0.1, -0.05) is 26.0 Å². The summed E-state index contributed by atoms with van der Waals surface area (Å²) in [4.78, 5) is 14.1. The Hall–Kier alpha value is -1.86. The van der Waals surface area contributed by atoms with Crippen molar-refractivity contribution in [2.75, 3.05) is 13.1 Å². The van der Waals surface area contributed by atoms with Gasteiger partial charge in [0.15, 0.2) is 0 Å². The molecular weight excluding hydrogens is 238 g/mol. The summed E-state index contributed by atoms with van der Waals surface area (Å²) in [6.07, 6.45) is 0.360. The monoisotopic (exact) mass is 259 g/mol. The van der Waals surface area contributed by atoms with Gasteiger partial charge in [-0.05, 0) is 23.6 Å². The van der Waals surface area contributed by atoms with E-state index in [2.05, 4.69) is 19.9 Å². The molecule has 0 heterocycles. The predicted octanol–water partition coefficient (Wildman–Crippen LogP) is 2.16. The molecule has 0 fully saturated rings. The lowest BCUT2D eigenvalue weighted by Crippen LogP contribution is -2.35. The first-order valence-electron chi connectivity index (χ1n) is 6.53. The summed E-state index contributed by atoms with van der Waals surface area (Å²) in [5, 5.41) is 8.67. The normalized spacial score (nSPS) is 10.3. The minimum absolute atomic E-state index is 0.0208. The Bertz CT molecular complexity index is 445. The van der Waals surface area contributed by atoms with E-state index in [0.717, 1.165) is 5.56 Å². The predicted molar refractivity (Wildman–Crippen MR) is 75.3 cm³/mol. The Kier molecular flexibility index (Phi) is 6.04. The van der Waals surface area contributed by atoms with E-state index < -0.39 is 0 Å². The van der Waals surface area contributed by atoms with E-state index in [-0.39, 0.29) is 5.91 Å². The van der Waals surface area contributed by atoms with E-state index in [9.17, 15) is 4.79 Å². The summed E-state index contributed by atoms with van der Waals surface area (Å²) in [6, 6.07) is 9.41. The molecule has 1 aromatic rings. The van der Waals surface area contributed by atoms with Crippen LogP contribution in [0.4, 0.5) is 0 Å². The maximum Gasteiger partial charge on any atom is 0.253 e. The Morgan fingerprint density at radius 3 is 2.47 bits per heavy atom. The van der Waals surface area contributed by atoms with Gasteiger partial charge in [0.05, 0.1) is 12.5 Å². The van der Waals surface area contributed by atoms with Gasteiger partial charge in [0, 0.05) is 25.2 Å². The zero-order valence-corrected chi connectivity index (χ0v) is 11.6. The summed E-state index contributed by atoms with van der Waals surface area (Å²) in [5.74, 6) is 0.360. The lowest BCUT2D eigenvalue weighted by atomic mass is 10.1. The molecule has 0 radical (unpaired) electrons. The van der Waals surface area contributed by atoms with Gasteiger partial charge in [-0.3, -0.25) is 4.79 Å². The SMILES string of the molecule is CC(C)CN(CCC#N)C(=O)c1ccc(CN)cc1. The van der Waals surface area contributed by atoms with Crippen LogP contribution in [0.1, 0.15) is 36.2 Å². The van der Waals surface area contributed by atoms with E-state index in [1.54, 1.807) is 17.0 Å². The smallest absolute Gasteiger partial charge is 0.253 e. The number of amides is 1. The Morgan fingerprint density at radius 1 is 1.37 bits per heavy atom. The molecule has 1 aromatic carbocycles. The molecule has 19 heavy (non-hydrogen) atoms. The van der Waals surface area contributed by atoms with Crippen molar-refractivity contribution in [1.29, 1.82) is 5.26 Å². The van der Waals surface area contributed by atoms with Gasteiger partial charge in [-0.2, -0.15) is 5.26 Å². The number of nitriles is 1. The van der Waals surface area contributed by atoms with Crippen LogP contribution < -0.4 is 5.73 Å². The fourth-order valence-electron chi connectivity index (χ4n) is 1.87. The molecular formula is C15H21N3O. The summed E-state index contributed by atoms with van der Waals surface area (Å²) >= 11 is 0. The van der Waals surface area contributed by atoms with Crippen molar-refractivity contribution in [3.8, 4) is 6.07 Å². The van der Waals surface area contributed by atoms with Gasteiger partial charge in [0.1, 0.15) is 0 Å². The molecule has 0 atom stereocenters. The third kappa shape index (κ3) is 4.72. The van der Waals surface area contributed by atoms with Crippen LogP contribution in [-0.4, -0.2) is 23.9 Å². The van der Waals surface area contributed by atoms with Gasteiger partial charge in [0.25, 0.3) is 5.91 Å². The maximum atomic E-state index is 12.4. The molecule has 2 N–H and O–H groups in total. The number of nitrogens with zero attached hydrogens (tertiary/aromatic N) is 2. The summed E-state index contributed by atoms with van der Waals surface area (Å²) in [6.45, 7) is 5.73. The second-order valence-electron chi connectivity index (χ2n) is 4.95. The molecule has 4 heteroatoms. The van der Waals surface area contributed by atoms with Crippen molar-refractivity contribution >= 4 is 5.91 Å². The average Bonchev–Trinajstić information content (AvgIpc) is 2.42. The van der Waals surface area contributed by atoms with Crippen molar-refractivity contribution in [3.63, 3.8) is 0 Å². The lowest BCUT2D eigenvalue weighted by Gasteiger charge is -2.23. The second-order valence-corrected chi connectivity index (χ2v) is 4.95. The van der Waals surface area contributed by atoms with Crippen LogP contribution in [0, 0.1) is 17.2 Å². The zero-order chi connectivity index (χ0) is 14.3. The van der Waals surface area contributed by atoms with E-state index >= 15 is 0 Å². The first kappa shape index (κ1) is 15.2. The van der Waals surface area contributed by atoms with Crippen LogP contribution in [0.2, 0.25) is 0 Å². The quantitative estimate of drug-likeness (QED) is 0.851. The molecule has 0 aliphatic heterocycles. The lowest BCUT2D eigenvalue weighted by molar-refractivity contribution is 0.0740. The van der Waals surface area contributed by atoms with E-state index in [1.165, 1.54) is 0 Å². The van der Waals surface area contributed by atoms with Gasteiger partial charge in [-0.25, -0.2) is 0 Å². The van der Waals surface area contributed by atoms with Crippen molar-refractivity contribution in [2.24, 2.45) is 11.7 Å². The highest BCUT2D eigenvalue weighted by molar-refractivity contribution is 5.94. The molecule has 0 saturated carbocycles. The summed E-state index contributed by atoms with van der Waals surface area (Å²) in [7, 11) is 0. The molecule has 0 bridgehead atoms. The van der Waals surface area contributed by atoms with Gasteiger partial charge in [0.2, 0.25) is 0 Å². The molecule has 102 valence electrons. The van der Waals surface area contributed by atoms with Crippen LogP contribution in [0.15, 0.2) is 24.3 Å². The molecule has 4 nitrogen and oxygen atoms in total. The molecule has 1 rings (SSSR count). The number of benzene rings is 1. The van der Waals surface area contributed by atoms with Gasteiger partial charge in [-0.15, -0.1) is 0 Å². The van der Waals surface area contributed by atoms with Crippen LogP contribution in [0.25, 0.3) is 0 Å². The van der Waals surface area contributed by atoms with E-state index in [0.29, 0.717) is 37.5 Å². The molecule has 0 unspecified atom stereocenters. The van der Waals surface area contributed by atoms with Crippen molar-refractivity contribution in [1.82, 2.24) is 4.90 Å². The Labute approximate surface area is 114 Å². The van der Waals surface area contributed by atoms with Crippen molar-refractivity contribution in [3.05, 3.63) is 35.4 Å². The highest BCUT2D eigenvalue weighted by atomic mass is 16.2. The first-order chi connectivity index (χ1) is 9.08. The van der Waals surface area contributed by atoms with Crippen LogP contribution in [0.5, 0.6) is 0 Å². The van der Waals surface area contributed by atoms with Crippen molar-refractivity contribution in [2.45, 2.75) is 26.8 Å². The van der Waals surface area contributed by atoms with Crippen LogP contribution in [0.3, 0.4) is 0 Å². The third-order valence-corrected chi connectivity index (χ3v) is 2.80. The fourth-order valence-corrected chi connectivity index (χ4v) is 1.87. The number of carbonyl (C=O) groups excluding carboxylic acids is 1. The molecule has 0 spiro atoms. The second kappa shape index (κ2) is 7.55. The number of nitrogens with two attached hydrogens (primary N) is 1. The highest BCUT2D eigenvalue weighted by Crippen LogP contribution is 2.10.